The summed E-state index contributed by atoms with van der Waals surface area (Å²) in [6.07, 6.45) is -0.676. The molecule has 0 spiro atoms. The topological polar surface area (TPSA) is 84.6 Å². The van der Waals surface area contributed by atoms with Gasteiger partial charge in [-0.2, -0.15) is 0 Å². The van der Waals surface area contributed by atoms with Crippen LogP contribution < -0.4 is 15.8 Å². The van der Waals surface area contributed by atoms with Crippen molar-refractivity contribution < 1.29 is 14.6 Å². The Balaban J connectivity index is 2.33. The molecule has 1 unspecified atom stereocenters. The lowest BCUT2D eigenvalue weighted by Gasteiger charge is -2.14. The number of rotatable bonds is 7. The Hall–Kier alpha value is -1.59. The first-order valence-corrected chi connectivity index (χ1v) is 5.86. The molecule has 1 rings (SSSR count). The lowest BCUT2D eigenvalue weighted by Crippen LogP contribution is -2.36. The highest BCUT2D eigenvalue weighted by molar-refractivity contribution is 5.75. The van der Waals surface area contributed by atoms with Crippen molar-refractivity contribution in [3.8, 4) is 5.75 Å². The third-order valence-corrected chi connectivity index (χ3v) is 2.44. The molecule has 5 nitrogen and oxygen atoms in total. The van der Waals surface area contributed by atoms with Crippen LogP contribution in [0.4, 0.5) is 0 Å². The number of benzene rings is 1. The largest absolute Gasteiger partial charge is 0.491 e. The molecule has 5 heteroatoms. The minimum Gasteiger partial charge on any atom is -0.491 e. The van der Waals surface area contributed by atoms with E-state index in [0.717, 1.165) is 11.3 Å². The van der Waals surface area contributed by atoms with Gasteiger partial charge < -0.3 is 20.9 Å². The van der Waals surface area contributed by atoms with Crippen molar-refractivity contribution in [3.05, 3.63) is 29.3 Å². The predicted molar refractivity (Wildman–Crippen MR) is 69.5 cm³/mol. The van der Waals surface area contributed by atoms with E-state index in [9.17, 15) is 9.90 Å². The SMILES string of the molecule is Cc1ccc(OCC(O)CNCC(N)=O)c(C)c1. The van der Waals surface area contributed by atoms with Crippen LogP contribution in [0, 0.1) is 13.8 Å². The molecule has 18 heavy (non-hydrogen) atoms. The maximum Gasteiger partial charge on any atom is 0.231 e. The summed E-state index contributed by atoms with van der Waals surface area (Å²) < 4.78 is 5.50. The number of primary amides is 1. The van der Waals surface area contributed by atoms with Crippen LogP contribution in [0.1, 0.15) is 11.1 Å². The van der Waals surface area contributed by atoms with E-state index in [-0.39, 0.29) is 19.7 Å². The van der Waals surface area contributed by atoms with Crippen LogP contribution in [0.2, 0.25) is 0 Å². The van der Waals surface area contributed by atoms with E-state index in [1.807, 2.05) is 32.0 Å². The highest BCUT2D eigenvalue weighted by Crippen LogP contribution is 2.18. The van der Waals surface area contributed by atoms with Crippen LogP contribution in [0.15, 0.2) is 18.2 Å². The standard InChI is InChI=1S/C13H20N2O3/c1-9-3-4-12(10(2)5-9)18-8-11(16)6-15-7-13(14)17/h3-5,11,15-16H,6-8H2,1-2H3,(H2,14,17). The molecule has 0 aliphatic heterocycles. The number of hydrogen-bond donors (Lipinski definition) is 3. The van der Waals surface area contributed by atoms with E-state index in [1.54, 1.807) is 0 Å². The maximum absolute atomic E-state index is 10.5. The molecule has 1 atom stereocenters. The van der Waals surface area contributed by atoms with Crippen molar-refractivity contribution in [2.75, 3.05) is 19.7 Å². The van der Waals surface area contributed by atoms with E-state index in [1.165, 1.54) is 5.56 Å². The first kappa shape index (κ1) is 14.5. The number of ether oxygens (including phenoxy) is 1. The second kappa shape index (κ2) is 6.98. The van der Waals surface area contributed by atoms with E-state index >= 15 is 0 Å². The van der Waals surface area contributed by atoms with Gasteiger partial charge in [0.15, 0.2) is 0 Å². The van der Waals surface area contributed by atoms with Gasteiger partial charge in [-0.1, -0.05) is 17.7 Å². The molecule has 1 aromatic rings. The van der Waals surface area contributed by atoms with E-state index in [4.69, 9.17) is 10.5 Å². The summed E-state index contributed by atoms with van der Waals surface area (Å²) in [4.78, 5) is 10.5. The summed E-state index contributed by atoms with van der Waals surface area (Å²) in [6, 6.07) is 5.86. The Kier molecular flexibility index (Phi) is 5.61. The number of carbonyl (C=O) groups excluding carboxylic acids is 1. The minimum atomic E-state index is -0.676. The van der Waals surface area contributed by atoms with Crippen molar-refractivity contribution in [2.24, 2.45) is 5.73 Å². The lowest BCUT2D eigenvalue weighted by molar-refractivity contribution is -0.117. The van der Waals surface area contributed by atoms with Crippen molar-refractivity contribution in [1.29, 1.82) is 0 Å². The molecule has 0 radical (unpaired) electrons. The molecule has 4 N–H and O–H groups in total. The van der Waals surface area contributed by atoms with Crippen LogP contribution in [0.25, 0.3) is 0 Å². The van der Waals surface area contributed by atoms with E-state index in [2.05, 4.69) is 5.32 Å². The number of aryl methyl sites for hydroxylation is 2. The fourth-order valence-corrected chi connectivity index (χ4v) is 1.57. The fraction of sp³-hybridized carbons (Fsp3) is 0.462. The third kappa shape index (κ3) is 5.16. The van der Waals surface area contributed by atoms with E-state index < -0.39 is 12.0 Å². The van der Waals surface area contributed by atoms with Crippen LogP contribution in [-0.2, 0) is 4.79 Å². The third-order valence-electron chi connectivity index (χ3n) is 2.44. The molecule has 0 aromatic heterocycles. The smallest absolute Gasteiger partial charge is 0.231 e. The Morgan fingerprint density at radius 2 is 2.22 bits per heavy atom. The van der Waals surface area contributed by atoms with Crippen molar-refractivity contribution >= 4 is 5.91 Å². The van der Waals surface area contributed by atoms with Gasteiger partial charge in [0.2, 0.25) is 5.91 Å². The number of amides is 1. The lowest BCUT2D eigenvalue weighted by atomic mass is 10.1. The van der Waals surface area contributed by atoms with Crippen molar-refractivity contribution in [2.45, 2.75) is 20.0 Å². The van der Waals surface area contributed by atoms with Gasteiger partial charge in [0, 0.05) is 6.54 Å². The van der Waals surface area contributed by atoms with Crippen LogP contribution in [-0.4, -0.2) is 36.8 Å². The zero-order chi connectivity index (χ0) is 13.5. The molecule has 100 valence electrons. The molecule has 0 aliphatic rings. The molecular weight excluding hydrogens is 232 g/mol. The average Bonchev–Trinajstić information content (AvgIpc) is 2.27. The first-order valence-electron chi connectivity index (χ1n) is 5.86. The predicted octanol–water partition coefficient (Wildman–Crippen LogP) is 0.118. The molecule has 0 heterocycles. The molecule has 0 bridgehead atoms. The molecule has 0 saturated heterocycles. The monoisotopic (exact) mass is 252 g/mol. The molecule has 0 aliphatic carbocycles. The van der Waals surface area contributed by atoms with Gasteiger partial charge in [-0.25, -0.2) is 0 Å². The zero-order valence-corrected chi connectivity index (χ0v) is 10.8. The minimum absolute atomic E-state index is 0.0562. The Morgan fingerprint density at radius 3 is 2.83 bits per heavy atom. The Morgan fingerprint density at radius 1 is 1.50 bits per heavy atom. The maximum atomic E-state index is 10.5. The second-order valence-corrected chi connectivity index (χ2v) is 4.33. The van der Waals surface area contributed by atoms with Gasteiger partial charge in [0.25, 0.3) is 0 Å². The summed E-state index contributed by atoms with van der Waals surface area (Å²) in [5.74, 6) is 0.312. The van der Waals surface area contributed by atoms with Crippen LogP contribution >= 0.6 is 0 Å². The number of carbonyl (C=O) groups is 1. The average molecular weight is 252 g/mol. The summed E-state index contributed by atoms with van der Waals surface area (Å²) in [5, 5.41) is 12.4. The second-order valence-electron chi connectivity index (χ2n) is 4.33. The van der Waals surface area contributed by atoms with Crippen LogP contribution in [0.5, 0.6) is 5.75 Å². The Bertz CT molecular complexity index is 407. The number of nitrogens with two attached hydrogens (primary N) is 1. The fourth-order valence-electron chi connectivity index (χ4n) is 1.57. The number of aliphatic hydroxyl groups is 1. The van der Waals surface area contributed by atoms with Crippen molar-refractivity contribution in [3.63, 3.8) is 0 Å². The van der Waals surface area contributed by atoms with Gasteiger partial charge in [0.1, 0.15) is 18.5 Å². The van der Waals surface area contributed by atoms with Crippen LogP contribution in [0.3, 0.4) is 0 Å². The number of nitrogens with one attached hydrogen (secondary N) is 1. The Labute approximate surface area is 107 Å². The van der Waals surface area contributed by atoms with Gasteiger partial charge in [0.05, 0.1) is 6.54 Å². The van der Waals surface area contributed by atoms with Gasteiger partial charge in [-0.15, -0.1) is 0 Å². The zero-order valence-electron chi connectivity index (χ0n) is 10.8. The quantitative estimate of drug-likeness (QED) is 0.643. The van der Waals surface area contributed by atoms with Gasteiger partial charge in [-0.05, 0) is 25.5 Å². The molecule has 1 amide bonds. The summed E-state index contributed by atoms with van der Waals surface area (Å²) in [6.45, 7) is 4.48. The summed E-state index contributed by atoms with van der Waals surface area (Å²) in [5.41, 5.74) is 7.17. The number of hydrogen-bond acceptors (Lipinski definition) is 4. The van der Waals surface area contributed by atoms with Crippen molar-refractivity contribution in [1.82, 2.24) is 5.32 Å². The van der Waals surface area contributed by atoms with E-state index in [0.29, 0.717) is 0 Å². The molecular formula is C13H20N2O3. The van der Waals surface area contributed by atoms with Gasteiger partial charge in [-0.3, -0.25) is 4.79 Å². The normalized spacial score (nSPS) is 12.2. The number of aliphatic hydroxyl groups excluding tert-OH is 1. The first-order chi connectivity index (χ1) is 8.49. The summed E-state index contributed by atoms with van der Waals surface area (Å²) >= 11 is 0. The highest BCUT2D eigenvalue weighted by Gasteiger charge is 2.07. The molecule has 0 fully saturated rings. The summed E-state index contributed by atoms with van der Waals surface area (Å²) in [7, 11) is 0. The molecule has 0 saturated carbocycles. The molecule has 1 aromatic carbocycles. The highest BCUT2D eigenvalue weighted by atomic mass is 16.5. The van der Waals surface area contributed by atoms with Gasteiger partial charge >= 0.3 is 0 Å².